The minimum atomic E-state index is -3.51. The average Bonchev–Trinajstić information content (AvgIpc) is 2.38. The van der Waals surface area contributed by atoms with Gasteiger partial charge < -0.3 is 9.84 Å². The number of hydrogen-bond acceptors (Lipinski definition) is 4. The van der Waals surface area contributed by atoms with Gasteiger partial charge in [0.1, 0.15) is 6.04 Å². The van der Waals surface area contributed by atoms with E-state index in [0.29, 0.717) is 31.9 Å². The van der Waals surface area contributed by atoms with Crippen LogP contribution in [0.2, 0.25) is 0 Å². The molecule has 6 nitrogen and oxygen atoms in total. The van der Waals surface area contributed by atoms with Crippen molar-refractivity contribution in [3.05, 3.63) is 0 Å². The smallest absolute Gasteiger partial charge is 0.322 e. The predicted octanol–water partition coefficient (Wildman–Crippen LogP) is 0.928. The molecule has 19 heavy (non-hydrogen) atoms. The Balaban J connectivity index is 2.76. The molecule has 2 atom stereocenters. The third-order valence-corrected chi connectivity index (χ3v) is 5.59. The summed E-state index contributed by atoms with van der Waals surface area (Å²) in [4.78, 5) is 11.3. The Morgan fingerprint density at radius 3 is 2.68 bits per heavy atom. The normalized spacial score (nSPS) is 25.4. The molecule has 1 heterocycles. The highest BCUT2D eigenvalue weighted by atomic mass is 32.2. The van der Waals surface area contributed by atoms with Gasteiger partial charge in [0.25, 0.3) is 0 Å². The number of rotatable bonds is 7. The van der Waals surface area contributed by atoms with Gasteiger partial charge >= 0.3 is 5.97 Å². The molecule has 1 N–H and O–H groups in total. The number of sulfonamides is 1. The lowest BCUT2D eigenvalue weighted by Crippen LogP contribution is -2.50. The van der Waals surface area contributed by atoms with E-state index >= 15 is 0 Å². The number of ether oxygens (including phenoxy) is 1. The number of piperidine rings is 1. The van der Waals surface area contributed by atoms with Gasteiger partial charge in [-0.2, -0.15) is 4.31 Å². The first-order valence-corrected chi connectivity index (χ1v) is 8.24. The molecule has 0 saturated carbocycles. The van der Waals surface area contributed by atoms with Crippen molar-refractivity contribution in [3.8, 4) is 0 Å². The van der Waals surface area contributed by atoms with Crippen molar-refractivity contribution in [2.75, 3.05) is 26.0 Å². The van der Waals surface area contributed by atoms with Crippen LogP contribution in [0.15, 0.2) is 0 Å². The molecule has 0 spiro atoms. The van der Waals surface area contributed by atoms with Gasteiger partial charge in [0.05, 0.1) is 5.75 Å². The van der Waals surface area contributed by atoms with Crippen LogP contribution in [0.4, 0.5) is 0 Å². The maximum absolute atomic E-state index is 12.2. The van der Waals surface area contributed by atoms with Crippen molar-refractivity contribution < 1.29 is 23.1 Å². The highest BCUT2D eigenvalue weighted by Gasteiger charge is 2.39. The zero-order valence-electron chi connectivity index (χ0n) is 11.5. The summed E-state index contributed by atoms with van der Waals surface area (Å²) in [7, 11) is -2.00. The van der Waals surface area contributed by atoms with E-state index in [1.807, 2.05) is 6.92 Å². The second kappa shape index (κ2) is 7.21. The van der Waals surface area contributed by atoms with Gasteiger partial charge in [-0.05, 0) is 25.2 Å². The summed E-state index contributed by atoms with van der Waals surface area (Å²) in [5.41, 5.74) is 0. The highest BCUT2D eigenvalue weighted by Crippen LogP contribution is 2.28. The molecular weight excluding hydrogens is 270 g/mol. The fraction of sp³-hybridized carbons (Fsp3) is 0.917. The fourth-order valence-corrected chi connectivity index (χ4v) is 4.11. The first-order chi connectivity index (χ1) is 8.92. The quantitative estimate of drug-likeness (QED) is 0.706. The molecule has 112 valence electrons. The minimum Gasteiger partial charge on any atom is -0.480 e. The molecule has 0 aromatic carbocycles. The van der Waals surface area contributed by atoms with Crippen LogP contribution in [0.5, 0.6) is 0 Å². The van der Waals surface area contributed by atoms with Crippen molar-refractivity contribution >= 4 is 16.0 Å². The zero-order chi connectivity index (χ0) is 14.5. The van der Waals surface area contributed by atoms with E-state index in [2.05, 4.69) is 0 Å². The Labute approximate surface area is 114 Å². The van der Waals surface area contributed by atoms with Crippen LogP contribution in [0.25, 0.3) is 0 Å². The Hall–Kier alpha value is -0.660. The molecule has 0 aliphatic carbocycles. The van der Waals surface area contributed by atoms with Crippen LogP contribution in [0.1, 0.15) is 32.6 Å². The Morgan fingerprint density at radius 2 is 2.16 bits per heavy atom. The molecule has 1 fully saturated rings. The van der Waals surface area contributed by atoms with Crippen LogP contribution in [-0.4, -0.2) is 55.9 Å². The van der Waals surface area contributed by atoms with Crippen molar-refractivity contribution in [1.82, 2.24) is 4.31 Å². The van der Waals surface area contributed by atoms with Gasteiger partial charge in [0.2, 0.25) is 10.0 Å². The van der Waals surface area contributed by atoms with Gasteiger partial charge in [-0.3, -0.25) is 4.79 Å². The summed E-state index contributed by atoms with van der Waals surface area (Å²) in [5.74, 6) is -0.804. The van der Waals surface area contributed by atoms with Crippen LogP contribution >= 0.6 is 0 Å². The molecule has 7 heteroatoms. The molecule has 1 aliphatic rings. The summed E-state index contributed by atoms with van der Waals surface area (Å²) in [5, 5.41) is 9.23. The number of nitrogens with zero attached hydrogens (tertiary/aromatic N) is 1. The lowest BCUT2D eigenvalue weighted by Gasteiger charge is -2.35. The first kappa shape index (κ1) is 16.4. The first-order valence-electron chi connectivity index (χ1n) is 6.63. The van der Waals surface area contributed by atoms with Crippen molar-refractivity contribution in [3.63, 3.8) is 0 Å². The maximum Gasteiger partial charge on any atom is 0.322 e. The second-order valence-corrected chi connectivity index (χ2v) is 6.97. The lowest BCUT2D eigenvalue weighted by atomic mass is 9.90. The third-order valence-electron chi connectivity index (χ3n) is 3.63. The van der Waals surface area contributed by atoms with E-state index in [4.69, 9.17) is 4.74 Å². The topological polar surface area (TPSA) is 83.9 Å². The van der Waals surface area contributed by atoms with Crippen molar-refractivity contribution in [1.29, 1.82) is 0 Å². The average molecular weight is 293 g/mol. The molecule has 0 bridgehead atoms. The SMILES string of the molecule is CCC1CCN(S(=O)(=O)CCCOC)C(C(=O)O)C1. The largest absolute Gasteiger partial charge is 0.480 e. The molecule has 1 saturated heterocycles. The molecule has 0 radical (unpaired) electrons. The standard InChI is InChI=1S/C12H23NO5S/c1-3-10-5-6-13(11(9-10)12(14)15)19(16,17)8-4-7-18-2/h10-11H,3-9H2,1-2H3,(H,14,15). The third kappa shape index (κ3) is 4.43. The summed E-state index contributed by atoms with van der Waals surface area (Å²) in [6.07, 6.45) is 2.43. The van der Waals surface area contributed by atoms with E-state index in [0.717, 1.165) is 17.1 Å². The van der Waals surface area contributed by atoms with Gasteiger partial charge in [-0.1, -0.05) is 13.3 Å². The molecule has 1 aliphatic heterocycles. The predicted molar refractivity (Wildman–Crippen MR) is 71.4 cm³/mol. The van der Waals surface area contributed by atoms with E-state index in [1.165, 1.54) is 7.11 Å². The van der Waals surface area contributed by atoms with Crippen molar-refractivity contribution in [2.24, 2.45) is 5.92 Å². The number of methoxy groups -OCH3 is 1. The van der Waals surface area contributed by atoms with Crippen LogP contribution in [-0.2, 0) is 19.6 Å². The number of carboxylic acids is 1. The van der Waals surface area contributed by atoms with Gasteiger partial charge in [0, 0.05) is 20.3 Å². The number of hydrogen-bond donors (Lipinski definition) is 1. The molecular formula is C12H23NO5S. The molecule has 1 rings (SSSR count). The van der Waals surface area contributed by atoms with Crippen LogP contribution in [0.3, 0.4) is 0 Å². The Kier molecular flexibility index (Phi) is 6.22. The van der Waals surface area contributed by atoms with E-state index in [1.54, 1.807) is 0 Å². The highest BCUT2D eigenvalue weighted by molar-refractivity contribution is 7.89. The maximum atomic E-state index is 12.2. The van der Waals surface area contributed by atoms with Gasteiger partial charge in [-0.25, -0.2) is 8.42 Å². The van der Waals surface area contributed by atoms with E-state index < -0.39 is 22.0 Å². The van der Waals surface area contributed by atoms with Crippen LogP contribution in [0, 0.1) is 5.92 Å². The summed E-state index contributed by atoms with van der Waals surface area (Å²) >= 11 is 0. The Bertz CT molecular complexity index is 395. The van der Waals surface area contributed by atoms with Crippen LogP contribution < -0.4 is 0 Å². The monoisotopic (exact) mass is 293 g/mol. The summed E-state index contributed by atoms with van der Waals surface area (Å²) in [6.45, 7) is 2.68. The number of carbonyl (C=O) groups is 1. The zero-order valence-corrected chi connectivity index (χ0v) is 12.4. The van der Waals surface area contributed by atoms with Crippen molar-refractivity contribution in [2.45, 2.75) is 38.6 Å². The minimum absolute atomic E-state index is 0.0542. The Morgan fingerprint density at radius 1 is 1.47 bits per heavy atom. The van der Waals surface area contributed by atoms with E-state index in [-0.39, 0.29) is 5.75 Å². The molecule has 2 unspecified atom stereocenters. The lowest BCUT2D eigenvalue weighted by molar-refractivity contribution is -0.143. The number of carboxylic acid groups (broad SMARTS) is 1. The van der Waals surface area contributed by atoms with Gasteiger partial charge in [0.15, 0.2) is 0 Å². The molecule has 0 amide bonds. The van der Waals surface area contributed by atoms with E-state index in [9.17, 15) is 18.3 Å². The fourth-order valence-electron chi connectivity index (χ4n) is 2.45. The summed E-state index contributed by atoms with van der Waals surface area (Å²) < 4.78 is 30.4. The van der Waals surface area contributed by atoms with Gasteiger partial charge in [-0.15, -0.1) is 0 Å². The molecule has 0 aromatic rings. The summed E-state index contributed by atoms with van der Waals surface area (Å²) in [6, 6.07) is -0.911. The second-order valence-electron chi connectivity index (χ2n) is 4.93. The molecule has 0 aromatic heterocycles. The number of aliphatic carboxylic acids is 1.